The lowest BCUT2D eigenvalue weighted by Crippen LogP contribution is -2.43. The van der Waals surface area contributed by atoms with Gasteiger partial charge in [0.25, 0.3) is 5.91 Å². The minimum absolute atomic E-state index is 0.124. The Morgan fingerprint density at radius 3 is 2.95 bits per heavy atom. The van der Waals surface area contributed by atoms with E-state index in [0.29, 0.717) is 6.54 Å². The molecule has 1 aromatic heterocycles. The highest BCUT2D eigenvalue weighted by molar-refractivity contribution is 9.10. The molecule has 0 bridgehead atoms. The Balaban J connectivity index is 2.05. The molecule has 1 atom stereocenters. The fourth-order valence-corrected chi connectivity index (χ4v) is 3.25. The van der Waals surface area contributed by atoms with Crippen molar-refractivity contribution < 1.29 is 9.53 Å². The zero-order valence-corrected chi connectivity index (χ0v) is 14.6. The molecular weight excluding hydrogens is 332 g/mol. The minimum atomic E-state index is 0.124. The second kappa shape index (κ2) is 7.99. The van der Waals surface area contributed by atoms with E-state index < -0.39 is 0 Å². The van der Waals surface area contributed by atoms with E-state index in [4.69, 9.17) is 4.74 Å². The van der Waals surface area contributed by atoms with Crippen LogP contribution in [-0.2, 0) is 11.3 Å². The number of aromatic nitrogens is 1. The Morgan fingerprint density at radius 1 is 1.43 bits per heavy atom. The van der Waals surface area contributed by atoms with Gasteiger partial charge in [-0.3, -0.25) is 4.79 Å². The van der Waals surface area contributed by atoms with Crippen LogP contribution in [0.15, 0.2) is 16.7 Å². The molecule has 2 heterocycles. The summed E-state index contributed by atoms with van der Waals surface area (Å²) in [5.74, 6) is 0.124. The number of carbonyl (C=O) groups is 1. The highest BCUT2D eigenvalue weighted by atomic mass is 79.9. The minimum Gasteiger partial charge on any atom is -0.376 e. The van der Waals surface area contributed by atoms with Crippen molar-refractivity contribution in [1.29, 1.82) is 0 Å². The summed E-state index contributed by atoms with van der Waals surface area (Å²) in [7, 11) is 0. The summed E-state index contributed by atoms with van der Waals surface area (Å²) in [6, 6.07) is 1.93. The van der Waals surface area contributed by atoms with Crippen LogP contribution in [0.1, 0.15) is 50.0 Å². The number of nitrogens with zero attached hydrogens (tertiary/aromatic N) is 2. The lowest BCUT2D eigenvalue weighted by molar-refractivity contribution is 0.00177. The molecule has 2 rings (SSSR count). The van der Waals surface area contributed by atoms with E-state index in [1.54, 1.807) is 0 Å². The van der Waals surface area contributed by atoms with Gasteiger partial charge in [0.1, 0.15) is 5.69 Å². The number of carbonyl (C=O) groups excluding carboxylic acids is 1. The number of amides is 1. The zero-order chi connectivity index (χ0) is 15.2. The fourth-order valence-electron chi connectivity index (χ4n) is 2.78. The molecule has 21 heavy (non-hydrogen) atoms. The van der Waals surface area contributed by atoms with E-state index in [2.05, 4.69) is 29.8 Å². The van der Waals surface area contributed by atoms with Crippen LogP contribution >= 0.6 is 15.9 Å². The number of hydrogen-bond donors (Lipinski definition) is 0. The zero-order valence-electron chi connectivity index (χ0n) is 13.0. The van der Waals surface area contributed by atoms with Gasteiger partial charge in [-0.25, -0.2) is 0 Å². The van der Waals surface area contributed by atoms with Gasteiger partial charge in [-0.05, 0) is 47.7 Å². The summed E-state index contributed by atoms with van der Waals surface area (Å²) in [6.45, 7) is 7.44. The van der Waals surface area contributed by atoms with Crippen LogP contribution in [0.4, 0.5) is 0 Å². The molecule has 1 unspecified atom stereocenters. The van der Waals surface area contributed by atoms with Gasteiger partial charge in [-0.1, -0.05) is 13.8 Å². The molecule has 0 aliphatic carbocycles. The van der Waals surface area contributed by atoms with Crippen molar-refractivity contribution in [3.8, 4) is 0 Å². The lowest BCUT2D eigenvalue weighted by Gasteiger charge is -2.32. The largest absolute Gasteiger partial charge is 0.376 e. The average Bonchev–Trinajstić information content (AvgIpc) is 2.86. The quantitative estimate of drug-likeness (QED) is 0.778. The molecule has 1 amide bonds. The first kappa shape index (κ1) is 16.6. The molecule has 0 saturated carbocycles. The number of halogens is 1. The van der Waals surface area contributed by atoms with Crippen LogP contribution in [0, 0.1) is 0 Å². The van der Waals surface area contributed by atoms with Crippen molar-refractivity contribution in [2.75, 3.05) is 19.7 Å². The number of hydrogen-bond acceptors (Lipinski definition) is 2. The molecule has 0 radical (unpaired) electrons. The molecule has 1 aliphatic heterocycles. The molecule has 118 valence electrons. The molecular formula is C16H25BrN2O2. The maximum absolute atomic E-state index is 12.8. The molecule has 0 aromatic carbocycles. The third kappa shape index (κ3) is 4.33. The average molecular weight is 357 g/mol. The van der Waals surface area contributed by atoms with Gasteiger partial charge in [-0.2, -0.15) is 0 Å². The standard InChI is InChI=1S/C16H25BrN2O2/c1-3-7-18-11-13(17)10-15(18)16(20)19-8-5-6-14(12-19)21-9-4-2/h10-11,14H,3-9,12H2,1-2H3. The fraction of sp³-hybridized carbons (Fsp3) is 0.688. The van der Waals surface area contributed by atoms with Gasteiger partial charge in [-0.15, -0.1) is 0 Å². The monoisotopic (exact) mass is 356 g/mol. The third-order valence-electron chi connectivity index (χ3n) is 3.77. The molecule has 1 aromatic rings. The highest BCUT2D eigenvalue weighted by Crippen LogP contribution is 2.20. The van der Waals surface area contributed by atoms with Crippen LogP contribution in [0.5, 0.6) is 0 Å². The summed E-state index contributed by atoms with van der Waals surface area (Å²) in [5.41, 5.74) is 0.778. The second-order valence-corrected chi connectivity index (χ2v) is 6.54. The Bertz CT molecular complexity index is 473. The van der Waals surface area contributed by atoms with Crippen LogP contribution in [0.3, 0.4) is 0 Å². The first-order valence-electron chi connectivity index (χ1n) is 7.92. The number of ether oxygens (including phenoxy) is 1. The maximum Gasteiger partial charge on any atom is 0.270 e. The number of likely N-dealkylation sites (tertiary alicyclic amines) is 1. The Kier molecular flexibility index (Phi) is 6.30. The van der Waals surface area contributed by atoms with Crippen LogP contribution in [-0.4, -0.2) is 41.2 Å². The molecule has 1 aliphatic rings. The van der Waals surface area contributed by atoms with Gasteiger partial charge in [0.2, 0.25) is 0 Å². The van der Waals surface area contributed by atoms with Gasteiger partial charge in [0.15, 0.2) is 0 Å². The Morgan fingerprint density at radius 2 is 2.24 bits per heavy atom. The normalized spacial score (nSPS) is 19.0. The second-order valence-electron chi connectivity index (χ2n) is 5.62. The summed E-state index contributed by atoms with van der Waals surface area (Å²) in [6.07, 6.45) is 6.31. The summed E-state index contributed by atoms with van der Waals surface area (Å²) < 4.78 is 8.83. The van der Waals surface area contributed by atoms with E-state index in [1.807, 2.05) is 21.7 Å². The smallest absolute Gasteiger partial charge is 0.270 e. The van der Waals surface area contributed by atoms with Crippen molar-refractivity contribution in [1.82, 2.24) is 9.47 Å². The van der Waals surface area contributed by atoms with E-state index in [-0.39, 0.29) is 12.0 Å². The third-order valence-corrected chi connectivity index (χ3v) is 4.20. The highest BCUT2D eigenvalue weighted by Gasteiger charge is 2.26. The summed E-state index contributed by atoms with van der Waals surface area (Å²) >= 11 is 3.48. The maximum atomic E-state index is 12.8. The summed E-state index contributed by atoms with van der Waals surface area (Å²) in [5, 5.41) is 0. The SMILES string of the molecule is CCCOC1CCCN(C(=O)c2cc(Br)cn2CCC)C1. The molecule has 5 heteroatoms. The van der Waals surface area contributed by atoms with Crippen molar-refractivity contribution >= 4 is 21.8 Å². The van der Waals surface area contributed by atoms with Gasteiger partial charge >= 0.3 is 0 Å². The van der Waals surface area contributed by atoms with Crippen molar-refractivity contribution in [2.24, 2.45) is 0 Å². The van der Waals surface area contributed by atoms with Crippen molar-refractivity contribution in [3.63, 3.8) is 0 Å². The van der Waals surface area contributed by atoms with E-state index in [0.717, 1.165) is 55.5 Å². The Labute approximate surface area is 135 Å². The summed E-state index contributed by atoms with van der Waals surface area (Å²) in [4.78, 5) is 14.7. The number of aryl methyl sites for hydroxylation is 1. The lowest BCUT2D eigenvalue weighted by atomic mass is 10.1. The first-order valence-corrected chi connectivity index (χ1v) is 8.71. The molecule has 1 fully saturated rings. The van der Waals surface area contributed by atoms with Gasteiger partial charge < -0.3 is 14.2 Å². The molecule has 0 spiro atoms. The van der Waals surface area contributed by atoms with Crippen LogP contribution < -0.4 is 0 Å². The van der Waals surface area contributed by atoms with E-state index in [1.165, 1.54) is 0 Å². The van der Waals surface area contributed by atoms with Crippen molar-refractivity contribution in [3.05, 3.63) is 22.4 Å². The van der Waals surface area contributed by atoms with E-state index >= 15 is 0 Å². The van der Waals surface area contributed by atoms with Crippen LogP contribution in [0.2, 0.25) is 0 Å². The number of piperidine rings is 1. The number of rotatable bonds is 6. The molecule has 4 nitrogen and oxygen atoms in total. The Hall–Kier alpha value is -0.810. The molecule has 0 N–H and O–H groups in total. The van der Waals surface area contributed by atoms with Gasteiger partial charge in [0.05, 0.1) is 6.10 Å². The predicted molar refractivity (Wildman–Crippen MR) is 87.6 cm³/mol. The first-order chi connectivity index (χ1) is 10.2. The topological polar surface area (TPSA) is 34.5 Å². The van der Waals surface area contributed by atoms with Gasteiger partial charge in [0, 0.05) is 36.9 Å². The van der Waals surface area contributed by atoms with Crippen molar-refractivity contribution in [2.45, 2.75) is 52.2 Å². The van der Waals surface area contributed by atoms with Crippen LogP contribution in [0.25, 0.3) is 0 Å². The molecule has 1 saturated heterocycles. The van der Waals surface area contributed by atoms with E-state index in [9.17, 15) is 4.79 Å². The predicted octanol–water partition coefficient (Wildman–Crippen LogP) is 3.69.